The van der Waals surface area contributed by atoms with Crippen molar-refractivity contribution in [3.8, 4) is 22.5 Å². The number of hydrazine groups is 1. The molecule has 4 aliphatic heterocycles. The molecule has 0 aliphatic carbocycles. The lowest BCUT2D eigenvalue weighted by Crippen LogP contribution is -2.62. The third-order valence-corrected chi connectivity index (χ3v) is 15.7. The molecule has 0 radical (unpaired) electrons. The lowest BCUT2D eigenvalue weighted by Gasteiger charge is -2.42. The summed E-state index contributed by atoms with van der Waals surface area (Å²) in [6, 6.07) is 10.5. The number of halogens is 3. The number of pyridine rings is 2. The Bertz CT molecular complexity index is 2860. The molecule has 17 nitrogen and oxygen atoms in total. The van der Waals surface area contributed by atoms with E-state index in [4.69, 9.17) is 14.5 Å². The number of hydrogen-bond acceptors (Lipinski definition) is 11. The van der Waals surface area contributed by atoms with Gasteiger partial charge in [0, 0.05) is 105 Å². The quantitative estimate of drug-likeness (QED) is 0.115. The minimum Gasteiger partial charge on any atom is -0.464 e. The summed E-state index contributed by atoms with van der Waals surface area (Å²) in [6.07, 6.45) is 3.12. The zero-order valence-corrected chi connectivity index (χ0v) is 45.9. The predicted octanol–water partition coefficient (Wildman–Crippen LogP) is 7.19. The molecule has 0 saturated carbocycles. The molecule has 4 atom stereocenters. The summed E-state index contributed by atoms with van der Waals surface area (Å²) >= 11 is 0. The minimum absolute atomic E-state index is 0.00771. The number of carbonyl (C=O) groups excluding carboxylic acids is 5. The highest BCUT2D eigenvalue weighted by molar-refractivity contribution is 5.96. The molecule has 3 saturated heterocycles. The highest BCUT2D eigenvalue weighted by Gasteiger charge is 2.45. The number of benzene rings is 1. The molecule has 8 rings (SSSR count). The number of esters is 1. The number of nitrogens with zero attached hydrogens (tertiary/aromatic N) is 8. The Labute approximate surface area is 449 Å². The van der Waals surface area contributed by atoms with Gasteiger partial charge in [-0.25, -0.2) is 10.2 Å². The van der Waals surface area contributed by atoms with Crippen LogP contribution in [0.15, 0.2) is 66.9 Å². The number of likely N-dealkylation sites (tertiary alicyclic amines) is 2. The van der Waals surface area contributed by atoms with E-state index >= 15 is 0 Å². The van der Waals surface area contributed by atoms with Crippen LogP contribution in [0.3, 0.4) is 0 Å². The van der Waals surface area contributed by atoms with Gasteiger partial charge in [0.05, 0.1) is 29.8 Å². The van der Waals surface area contributed by atoms with Crippen LogP contribution in [0.5, 0.6) is 0 Å². The van der Waals surface area contributed by atoms with Crippen molar-refractivity contribution in [1.29, 1.82) is 0 Å². The van der Waals surface area contributed by atoms with E-state index in [1.54, 1.807) is 73.6 Å². The van der Waals surface area contributed by atoms with E-state index in [1.165, 1.54) is 21.6 Å². The summed E-state index contributed by atoms with van der Waals surface area (Å²) in [6.45, 7) is 11.0. The van der Waals surface area contributed by atoms with Crippen LogP contribution in [0.1, 0.15) is 89.8 Å². The molecule has 77 heavy (non-hydrogen) atoms. The molecule has 4 aromatic rings. The molecule has 6 bridgehead atoms. The Hall–Kier alpha value is -6.38. The van der Waals surface area contributed by atoms with Crippen LogP contribution < -0.4 is 10.7 Å². The van der Waals surface area contributed by atoms with Crippen LogP contribution in [-0.4, -0.2) is 167 Å². The number of hydrogen-bond donors (Lipinski definition) is 2. The van der Waals surface area contributed by atoms with Crippen LogP contribution >= 0.6 is 0 Å². The van der Waals surface area contributed by atoms with Gasteiger partial charge in [-0.2, -0.15) is 13.2 Å². The largest absolute Gasteiger partial charge is 0.464 e. The minimum atomic E-state index is -4.60. The number of methoxy groups -OCH3 is 1. The maximum atomic E-state index is 14.8. The van der Waals surface area contributed by atoms with Gasteiger partial charge in [-0.1, -0.05) is 45.9 Å². The predicted molar refractivity (Wildman–Crippen MR) is 286 cm³/mol. The second-order valence-corrected chi connectivity index (χ2v) is 22.9. The lowest BCUT2D eigenvalue weighted by molar-refractivity contribution is -0.155. The zero-order chi connectivity index (χ0) is 55.6. The van der Waals surface area contributed by atoms with Crippen molar-refractivity contribution in [2.75, 3.05) is 74.1 Å². The number of amides is 5. The van der Waals surface area contributed by atoms with Gasteiger partial charge in [0.2, 0.25) is 11.8 Å². The Morgan fingerprint density at radius 2 is 1.71 bits per heavy atom. The molecule has 0 unspecified atom stereocenters. The summed E-state index contributed by atoms with van der Waals surface area (Å²) < 4.78 is 57.3. The average molecular weight is 1070 g/mol. The van der Waals surface area contributed by atoms with Crippen molar-refractivity contribution in [2.24, 2.45) is 16.7 Å². The monoisotopic (exact) mass is 1070 g/mol. The van der Waals surface area contributed by atoms with Gasteiger partial charge >= 0.3 is 18.2 Å². The first-order valence-corrected chi connectivity index (χ1v) is 26.8. The lowest BCUT2D eigenvalue weighted by atomic mass is 9.78. The van der Waals surface area contributed by atoms with Crippen molar-refractivity contribution >= 4 is 40.6 Å². The SMILES string of the molecule is CO[C@@H](C)c1ncccc1-c1c2c3cc(ccc3n1CC(F)(F)F)-c1cccc(n1)C[C@H](NC(=O)[C@H](C(C)C)N(C)C(=O)N1CCC3(CCN(C(=O)/C=C/CN(C)C)C3)CC1)C(=O)N1CCC[C@H](N1)C(=O)OCC(C)(C)C2. The topological polar surface area (TPSA) is 175 Å². The fraction of sp³-hybridized carbons (Fsp3) is 0.561. The number of alkyl halides is 3. The number of urea groups is 1. The standard InChI is InChI=1S/C57H75F3N10O7/c1-36(2)49(66(8)54(75)67-27-21-56(22-28-67)23-29-68(33-56)47(71)18-13-25-65(6)7)51(72)63-45-31-39-14-10-16-43(62-39)38-19-20-46-41(30-38)42(32-55(4,5)35-77-53(74)44-17-12-26-70(64-44)52(45)73)50(69(46)34-57(58,59)60)40-15-11-24-61-48(40)37(3)76-9/h10-11,13-16,18-20,24,30,36-37,44-45,49,64H,12,17,21-23,25-29,31-35H2,1-9H3,(H,63,72)/b18-13+/t37-,44-,45-,49-/m0/s1. The fourth-order valence-corrected chi connectivity index (χ4v) is 11.5. The molecule has 3 aromatic heterocycles. The van der Waals surface area contributed by atoms with E-state index in [9.17, 15) is 37.1 Å². The molecule has 7 heterocycles. The normalized spacial score (nSPS) is 20.9. The number of cyclic esters (lactones) is 1. The molecule has 20 heteroatoms. The van der Waals surface area contributed by atoms with E-state index in [1.807, 2.05) is 63.7 Å². The first-order valence-electron chi connectivity index (χ1n) is 26.8. The number of rotatable bonds is 11. The average Bonchev–Trinajstić information content (AvgIpc) is 3.98. The molecule has 2 N–H and O–H groups in total. The van der Waals surface area contributed by atoms with E-state index in [-0.39, 0.29) is 49.3 Å². The van der Waals surface area contributed by atoms with Crippen LogP contribution in [-0.2, 0) is 48.0 Å². The Morgan fingerprint density at radius 1 is 0.987 bits per heavy atom. The number of ether oxygens (including phenoxy) is 2. The van der Waals surface area contributed by atoms with Gasteiger partial charge in [-0.15, -0.1) is 0 Å². The number of fused-ring (bicyclic) bond motifs is 6. The summed E-state index contributed by atoms with van der Waals surface area (Å²) in [5.41, 5.74) is 5.89. The van der Waals surface area contributed by atoms with E-state index in [0.29, 0.717) is 95.9 Å². The first kappa shape index (κ1) is 56.8. The smallest absolute Gasteiger partial charge is 0.406 e. The molecule has 416 valence electrons. The number of likely N-dealkylation sites (N-methyl/N-ethyl adjacent to an activating group) is 2. The van der Waals surface area contributed by atoms with E-state index in [0.717, 1.165) is 19.3 Å². The fourth-order valence-electron chi connectivity index (χ4n) is 11.5. The highest BCUT2D eigenvalue weighted by atomic mass is 19.4. The van der Waals surface area contributed by atoms with Crippen LogP contribution in [0.2, 0.25) is 0 Å². The Morgan fingerprint density at radius 3 is 2.40 bits per heavy atom. The van der Waals surface area contributed by atoms with E-state index < -0.39 is 60.1 Å². The van der Waals surface area contributed by atoms with Crippen molar-refractivity contribution in [2.45, 2.75) is 117 Å². The van der Waals surface area contributed by atoms with Gasteiger partial charge in [0.15, 0.2) is 0 Å². The highest BCUT2D eigenvalue weighted by Crippen LogP contribution is 2.44. The molecular formula is C57H75F3N10O7. The molecule has 1 aromatic carbocycles. The van der Waals surface area contributed by atoms with E-state index in [2.05, 4.69) is 15.7 Å². The molecule has 3 fully saturated rings. The Balaban J connectivity index is 1.11. The van der Waals surface area contributed by atoms with Crippen molar-refractivity contribution in [3.63, 3.8) is 0 Å². The van der Waals surface area contributed by atoms with Crippen LogP contribution in [0.25, 0.3) is 33.4 Å². The van der Waals surface area contributed by atoms with Gasteiger partial charge in [-0.3, -0.25) is 34.2 Å². The summed E-state index contributed by atoms with van der Waals surface area (Å²) in [5, 5.41) is 4.90. The third kappa shape index (κ3) is 13.0. The summed E-state index contributed by atoms with van der Waals surface area (Å²) in [5.74, 6) is -2.04. The Kier molecular flexibility index (Phi) is 17.2. The zero-order valence-electron chi connectivity index (χ0n) is 45.9. The van der Waals surface area contributed by atoms with Crippen LogP contribution in [0.4, 0.5) is 18.0 Å². The number of piperidine rings is 1. The van der Waals surface area contributed by atoms with Gasteiger partial charge in [0.25, 0.3) is 5.91 Å². The summed E-state index contributed by atoms with van der Waals surface area (Å²) in [7, 11) is 7.01. The van der Waals surface area contributed by atoms with Crippen molar-refractivity contribution in [3.05, 3.63) is 83.8 Å². The summed E-state index contributed by atoms with van der Waals surface area (Å²) in [4.78, 5) is 87.6. The van der Waals surface area contributed by atoms with Crippen molar-refractivity contribution in [1.82, 2.24) is 49.9 Å². The number of aromatic nitrogens is 3. The number of nitrogens with one attached hydrogen (secondary N) is 2. The second-order valence-electron chi connectivity index (χ2n) is 22.9. The maximum absolute atomic E-state index is 14.8. The molecule has 4 aliphatic rings. The maximum Gasteiger partial charge on any atom is 0.406 e. The number of carbonyl (C=O) groups is 5. The van der Waals surface area contributed by atoms with Gasteiger partial charge in [0.1, 0.15) is 24.7 Å². The molecule has 5 amide bonds. The van der Waals surface area contributed by atoms with Crippen LogP contribution in [0, 0.1) is 16.7 Å². The second kappa shape index (κ2) is 23.3. The third-order valence-electron chi connectivity index (χ3n) is 15.7. The first-order chi connectivity index (χ1) is 36.5. The molecular weight excluding hydrogens is 994 g/mol. The van der Waals surface area contributed by atoms with Gasteiger partial charge in [-0.05, 0) is 113 Å². The van der Waals surface area contributed by atoms with Crippen molar-refractivity contribution < 1.29 is 46.6 Å². The molecule has 1 spiro atoms. The van der Waals surface area contributed by atoms with Gasteiger partial charge < -0.3 is 39.0 Å².